The molecule has 3 heterocycles. The fraction of sp³-hybridized carbons (Fsp3) is 0.571. The summed E-state index contributed by atoms with van der Waals surface area (Å²) < 4.78 is 5.55. The van der Waals surface area contributed by atoms with E-state index in [2.05, 4.69) is 15.3 Å². The first-order valence-electron chi connectivity index (χ1n) is 10.4. The van der Waals surface area contributed by atoms with Crippen molar-refractivity contribution in [3.8, 4) is 11.3 Å². The number of pyridine rings is 1. The molecule has 7 nitrogen and oxygen atoms in total. The molecule has 1 aliphatic carbocycles. The van der Waals surface area contributed by atoms with Crippen LogP contribution in [0.2, 0.25) is 5.02 Å². The van der Waals surface area contributed by atoms with Crippen molar-refractivity contribution in [2.24, 2.45) is 17.4 Å². The van der Waals surface area contributed by atoms with Crippen LogP contribution in [0.25, 0.3) is 11.3 Å². The van der Waals surface area contributed by atoms with Crippen LogP contribution in [0.3, 0.4) is 0 Å². The molecule has 5 N–H and O–H groups in total. The zero-order valence-corrected chi connectivity index (χ0v) is 17.4. The normalized spacial score (nSPS) is 27.6. The Balaban J connectivity index is 1.53. The largest absolute Gasteiger partial charge is 0.381 e. The predicted octanol–water partition coefficient (Wildman–Crippen LogP) is 3.09. The first-order valence-corrected chi connectivity index (χ1v) is 10.8. The highest BCUT2D eigenvalue weighted by molar-refractivity contribution is 6.33. The summed E-state index contributed by atoms with van der Waals surface area (Å²) in [5.74, 6) is 1.23. The molecule has 0 amide bonds. The lowest BCUT2D eigenvalue weighted by molar-refractivity contribution is 0.0595. The van der Waals surface area contributed by atoms with Crippen molar-refractivity contribution in [2.75, 3.05) is 25.1 Å². The second-order valence-corrected chi connectivity index (χ2v) is 8.70. The lowest BCUT2D eigenvalue weighted by Gasteiger charge is -2.35. The molecule has 2 aliphatic rings. The van der Waals surface area contributed by atoms with Crippen LogP contribution in [-0.4, -0.2) is 40.8 Å². The second kappa shape index (κ2) is 8.92. The summed E-state index contributed by atoms with van der Waals surface area (Å²) in [6.07, 6.45) is 10.8. The summed E-state index contributed by atoms with van der Waals surface area (Å²) in [5, 5.41) is 3.92. The number of ether oxygens (including phenoxy) is 1. The van der Waals surface area contributed by atoms with Crippen molar-refractivity contribution >= 4 is 17.4 Å². The third-order valence-electron chi connectivity index (χ3n) is 6.02. The van der Waals surface area contributed by atoms with Crippen molar-refractivity contribution in [1.29, 1.82) is 0 Å². The SMILES string of the molecule is NC1CCC(N)(c2cc(-c3cncc(NC[C@H]4CCCOC4)n3)c(Cl)cn2)CC1. The van der Waals surface area contributed by atoms with Gasteiger partial charge in [-0.3, -0.25) is 9.97 Å². The van der Waals surface area contributed by atoms with Gasteiger partial charge in [0.15, 0.2) is 0 Å². The van der Waals surface area contributed by atoms with E-state index >= 15 is 0 Å². The lowest BCUT2D eigenvalue weighted by atomic mass is 9.78. The summed E-state index contributed by atoms with van der Waals surface area (Å²) in [5.41, 5.74) is 14.6. The summed E-state index contributed by atoms with van der Waals surface area (Å²) >= 11 is 6.46. The highest BCUT2D eigenvalue weighted by Gasteiger charge is 2.34. The highest BCUT2D eigenvalue weighted by atomic mass is 35.5. The van der Waals surface area contributed by atoms with E-state index in [1.165, 1.54) is 6.42 Å². The zero-order chi connectivity index (χ0) is 20.3. The molecule has 1 aliphatic heterocycles. The van der Waals surface area contributed by atoms with E-state index in [-0.39, 0.29) is 6.04 Å². The number of anilines is 1. The number of hydrogen-bond acceptors (Lipinski definition) is 7. The van der Waals surface area contributed by atoms with Gasteiger partial charge in [-0.15, -0.1) is 0 Å². The molecule has 0 unspecified atom stereocenters. The molecule has 0 radical (unpaired) electrons. The Kier molecular flexibility index (Phi) is 6.29. The molecular formula is C21H29ClN6O. The molecule has 0 aromatic carbocycles. The molecule has 2 aromatic heterocycles. The molecule has 4 rings (SSSR count). The lowest BCUT2D eigenvalue weighted by Crippen LogP contribution is -2.44. The van der Waals surface area contributed by atoms with Crippen LogP contribution in [0.5, 0.6) is 0 Å². The molecule has 156 valence electrons. The van der Waals surface area contributed by atoms with Crippen molar-refractivity contribution < 1.29 is 4.74 Å². The van der Waals surface area contributed by atoms with Gasteiger partial charge in [0.2, 0.25) is 0 Å². The van der Waals surface area contributed by atoms with Crippen LogP contribution in [0.4, 0.5) is 5.82 Å². The van der Waals surface area contributed by atoms with Gasteiger partial charge >= 0.3 is 0 Å². The van der Waals surface area contributed by atoms with Crippen LogP contribution < -0.4 is 16.8 Å². The van der Waals surface area contributed by atoms with Crippen LogP contribution in [0.15, 0.2) is 24.7 Å². The minimum absolute atomic E-state index is 0.224. The molecule has 0 bridgehead atoms. The summed E-state index contributed by atoms with van der Waals surface area (Å²) in [4.78, 5) is 13.6. The van der Waals surface area contributed by atoms with Gasteiger partial charge in [0.25, 0.3) is 0 Å². The van der Waals surface area contributed by atoms with E-state index in [9.17, 15) is 0 Å². The Labute approximate surface area is 176 Å². The third kappa shape index (κ3) is 4.86. The average molecular weight is 417 g/mol. The maximum atomic E-state index is 6.68. The fourth-order valence-corrected chi connectivity index (χ4v) is 4.32. The Bertz CT molecular complexity index is 834. The quantitative estimate of drug-likeness (QED) is 0.686. The van der Waals surface area contributed by atoms with E-state index in [1.807, 2.05) is 6.07 Å². The summed E-state index contributed by atoms with van der Waals surface area (Å²) in [6, 6.07) is 2.18. The standard InChI is InChI=1S/C21H29ClN6O/c22-17-10-26-19(21(24)5-3-15(23)4-6-21)8-16(17)18-11-25-12-20(28-18)27-9-14-2-1-7-29-13-14/h8,10-12,14-15H,1-7,9,13,23-24H2,(H,27,28)/t14-,15?,21?/m1/s1. The Hall–Kier alpha value is -1.80. The molecule has 2 fully saturated rings. The number of halogens is 1. The van der Waals surface area contributed by atoms with Gasteiger partial charge in [-0.25, -0.2) is 4.98 Å². The fourth-order valence-electron chi connectivity index (χ4n) is 4.12. The van der Waals surface area contributed by atoms with Gasteiger partial charge in [0.1, 0.15) is 5.82 Å². The van der Waals surface area contributed by atoms with E-state index < -0.39 is 5.54 Å². The summed E-state index contributed by atoms with van der Waals surface area (Å²) in [6.45, 7) is 2.48. The van der Waals surface area contributed by atoms with Crippen molar-refractivity contribution in [3.63, 3.8) is 0 Å². The molecule has 1 saturated carbocycles. The van der Waals surface area contributed by atoms with Gasteiger partial charge < -0.3 is 21.5 Å². The van der Waals surface area contributed by atoms with Gasteiger partial charge in [-0.1, -0.05) is 11.6 Å². The number of nitrogens with two attached hydrogens (primary N) is 2. The first-order chi connectivity index (χ1) is 14.0. The Morgan fingerprint density at radius 3 is 2.79 bits per heavy atom. The van der Waals surface area contributed by atoms with Crippen molar-refractivity contribution in [2.45, 2.75) is 50.1 Å². The smallest absolute Gasteiger partial charge is 0.145 e. The predicted molar refractivity (Wildman–Crippen MR) is 115 cm³/mol. The third-order valence-corrected chi connectivity index (χ3v) is 6.33. The Morgan fingerprint density at radius 2 is 2.03 bits per heavy atom. The van der Waals surface area contributed by atoms with Crippen molar-refractivity contribution in [1.82, 2.24) is 15.0 Å². The maximum absolute atomic E-state index is 6.68. The van der Waals surface area contributed by atoms with E-state index in [4.69, 9.17) is 32.8 Å². The van der Waals surface area contributed by atoms with Gasteiger partial charge in [0.05, 0.1) is 40.9 Å². The number of nitrogens with one attached hydrogen (secondary N) is 1. The Morgan fingerprint density at radius 1 is 1.21 bits per heavy atom. The summed E-state index contributed by atoms with van der Waals surface area (Å²) in [7, 11) is 0. The molecule has 1 atom stereocenters. The highest BCUT2D eigenvalue weighted by Crippen LogP contribution is 2.36. The topological polar surface area (TPSA) is 112 Å². The van der Waals surface area contributed by atoms with Crippen LogP contribution >= 0.6 is 11.6 Å². The zero-order valence-electron chi connectivity index (χ0n) is 16.6. The molecule has 29 heavy (non-hydrogen) atoms. The molecule has 1 saturated heterocycles. The van der Waals surface area contributed by atoms with Crippen LogP contribution in [0, 0.1) is 5.92 Å². The van der Waals surface area contributed by atoms with Crippen LogP contribution in [-0.2, 0) is 10.3 Å². The second-order valence-electron chi connectivity index (χ2n) is 8.30. The monoisotopic (exact) mass is 416 g/mol. The number of rotatable bonds is 5. The minimum Gasteiger partial charge on any atom is -0.381 e. The van der Waals surface area contributed by atoms with Crippen molar-refractivity contribution in [3.05, 3.63) is 35.4 Å². The minimum atomic E-state index is -0.473. The first kappa shape index (κ1) is 20.5. The van der Waals surface area contributed by atoms with E-state index in [0.29, 0.717) is 16.6 Å². The van der Waals surface area contributed by atoms with E-state index in [0.717, 1.165) is 68.9 Å². The van der Waals surface area contributed by atoms with E-state index in [1.54, 1.807) is 18.6 Å². The molecule has 8 heteroatoms. The molecule has 2 aromatic rings. The maximum Gasteiger partial charge on any atom is 0.145 e. The number of nitrogens with zero attached hydrogens (tertiary/aromatic N) is 3. The average Bonchev–Trinajstić information content (AvgIpc) is 2.76. The number of hydrogen-bond donors (Lipinski definition) is 3. The van der Waals surface area contributed by atoms with Gasteiger partial charge in [-0.05, 0) is 50.5 Å². The van der Waals surface area contributed by atoms with Crippen LogP contribution in [0.1, 0.15) is 44.2 Å². The number of aromatic nitrogens is 3. The van der Waals surface area contributed by atoms with Gasteiger partial charge in [0, 0.05) is 31.0 Å². The van der Waals surface area contributed by atoms with Gasteiger partial charge in [-0.2, -0.15) is 0 Å². The molecular weight excluding hydrogens is 388 g/mol. The molecule has 0 spiro atoms.